The van der Waals surface area contributed by atoms with Crippen molar-refractivity contribution in [3.05, 3.63) is 59.7 Å². The number of para-hydroxylation sites is 1. The van der Waals surface area contributed by atoms with E-state index in [1.807, 2.05) is 0 Å². The van der Waals surface area contributed by atoms with Crippen molar-refractivity contribution in [3.8, 4) is 5.75 Å². The molecule has 2 N–H and O–H groups in total. The summed E-state index contributed by atoms with van der Waals surface area (Å²) in [5, 5.41) is 11.9. The highest BCUT2D eigenvalue weighted by molar-refractivity contribution is 5.93. The normalized spacial score (nSPS) is 10.1. The maximum Gasteiger partial charge on any atom is 0.338 e. The van der Waals surface area contributed by atoms with Crippen LogP contribution in [0.3, 0.4) is 0 Å². The summed E-state index contributed by atoms with van der Waals surface area (Å²) in [6.45, 7) is 1.70. The van der Waals surface area contributed by atoms with Gasteiger partial charge in [0.05, 0.1) is 18.8 Å². The van der Waals surface area contributed by atoms with E-state index >= 15 is 0 Å². The lowest BCUT2D eigenvalue weighted by Crippen LogP contribution is -2.20. The van der Waals surface area contributed by atoms with Crippen molar-refractivity contribution in [3.63, 3.8) is 0 Å². The molecule has 6 nitrogen and oxygen atoms in total. The Bertz CT molecular complexity index is 697. The smallest absolute Gasteiger partial charge is 0.338 e. The number of hydrogen-bond acceptors (Lipinski definition) is 5. The lowest BCUT2D eigenvalue weighted by Gasteiger charge is -2.10. The van der Waals surface area contributed by atoms with Gasteiger partial charge in [0.2, 0.25) is 0 Å². The van der Waals surface area contributed by atoms with Gasteiger partial charge in [0.25, 0.3) is 5.91 Å². The second-order valence-electron chi connectivity index (χ2n) is 4.90. The van der Waals surface area contributed by atoms with Crippen LogP contribution in [-0.2, 0) is 16.1 Å². The molecule has 0 heterocycles. The summed E-state index contributed by atoms with van der Waals surface area (Å²) >= 11 is 0. The van der Waals surface area contributed by atoms with Crippen LogP contribution in [0.25, 0.3) is 0 Å². The van der Waals surface area contributed by atoms with Crippen LogP contribution >= 0.6 is 0 Å². The quantitative estimate of drug-likeness (QED) is 0.762. The molecule has 2 aromatic rings. The average Bonchev–Trinajstić information content (AvgIpc) is 2.61. The van der Waals surface area contributed by atoms with E-state index in [-0.39, 0.29) is 19.1 Å². The van der Waals surface area contributed by atoms with Gasteiger partial charge in [-0.05, 0) is 37.3 Å². The molecule has 0 aliphatic rings. The zero-order valence-corrected chi connectivity index (χ0v) is 13.3. The molecule has 2 aromatic carbocycles. The van der Waals surface area contributed by atoms with Crippen LogP contribution in [0.2, 0.25) is 0 Å². The Morgan fingerprint density at radius 3 is 2.46 bits per heavy atom. The monoisotopic (exact) mass is 329 g/mol. The van der Waals surface area contributed by atoms with Crippen LogP contribution in [0.4, 0.5) is 5.69 Å². The molecule has 24 heavy (non-hydrogen) atoms. The number of carbonyl (C=O) groups is 2. The Morgan fingerprint density at radius 2 is 1.79 bits per heavy atom. The number of aliphatic hydroxyl groups is 1. The van der Waals surface area contributed by atoms with Crippen LogP contribution < -0.4 is 10.1 Å². The van der Waals surface area contributed by atoms with Crippen LogP contribution in [0, 0.1) is 0 Å². The highest BCUT2D eigenvalue weighted by atomic mass is 16.5. The van der Waals surface area contributed by atoms with Gasteiger partial charge in [-0.3, -0.25) is 4.79 Å². The fraction of sp³-hybridized carbons (Fsp3) is 0.222. The van der Waals surface area contributed by atoms with Crippen molar-refractivity contribution >= 4 is 17.6 Å². The second kappa shape index (κ2) is 8.69. The van der Waals surface area contributed by atoms with Crippen molar-refractivity contribution in [2.24, 2.45) is 0 Å². The maximum absolute atomic E-state index is 11.9. The largest absolute Gasteiger partial charge is 0.483 e. The third kappa shape index (κ3) is 4.82. The molecule has 0 aliphatic carbocycles. The second-order valence-corrected chi connectivity index (χ2v) is 4.90. The van der Waals surface area contributed by atoms with Crippen LogP contribution in [0.5, 0.6) is 5.75 Å². The molecule has 6 heteroatoms. The summed E-state index contributed by atoms with van der Waals surface area (Å²) in [5.41, 5.74) is 1.58. The number of ether oxygens (including phenoxy) is 2. The summed E-state index contributed by atoms with van der Waals surface area (Å²) in [7, 11) is 0. The number of aliphatic hydroxyl groups excluding tert-OH is 1. The number of amides is 1. The zero-order chi connectivity index (χ0) is 17.4. The van der Waals surface area contributed by atoms with Crippen LogP contribution in [0.15, 0.2) is 48.5 Å². The highest BCUT2D eigenvalue weighted by Crippen LogP contribution is 2.17. The summed E-state index contributed by atoms with van der Waals surface area (Å²) in [6, 6.07) is 13.3. The Kier molecular flexibility index (Phi) is 6.33. The molecular formula is C18H19NO5. The molecule has 0 fully saturated rings. The summed E-state index contributed by atoms with van der Waals surface area (Å²) in [5.74, 6) is -0.279. The molecular weight excluding hydrogens is 310 g/mol. The molecule has 0 atom stereocenters. The first kappa shape index (κ1) is 17.5. The van der Waals surface area contributed by atoms with E-state index in [1.54, 1.807) is 55.5 Å². The molecule has 0 aliphatic heterocycles. The third-order valence-corrected chi connectivity index (χ3v) is 3.18. The molecule has 0 spiro atoms. The van der Waals surface area contributed by atoms with Gasteiger partial charge in [0.1, 0.15) is 5.75 Å². The molecule has 126 valence electrons. The van der Waals surface area contributed by atoms with Crippen molar-refractivity contribution in [1.29, 1.82) is 0 Å². The summed E-state index contributed by atoms with van der Waals surface area (Å²) in [4.78, 5) is 23.5. The number of anilines is 1. The van der Waals surface area contributed by atoms with Gasteiger partial charge in [-0.15, -0.1) is 0 Å². The van der Waals surface area contributed by atoms with Crippen molar-refractivity contribution in [2.75, 3.05) is 18.5 Å². The van der Waals surface area contributed by atoms with E-state index in [9.17, 15) is 14.7 Å². The first-order valence-electron chi connectivity index (χ1n) is 7.52. The molecule has 2 rings (SSSR count). The Balaban J connectivity index is 1.89. The van der Waals surface area contributed by atoms with Crippen LogP contribution in [0.1, 0.15) is 22.8 Å². The zero-order valence-electron chi connectivity index (χ0n) is 13.3. The average molecular weight is 329 g/mol. The number of nitrogens with one attached hydrogen (secondary N) is 1. The molecule has 1 amide bonds. The van der Waals surface area contributed by atoms with E-state index in [0.717, 1.165) is 0 Å². The number of rotatable bonds is 7. The summed E-state index contributed by atoms with van der Waals surface area (Å²) < 4.78 is 10.3. The minimum Gasteiger partial charge on any atom is -0.483 e. The van der Waals surface area contributed by atoms with Crippen molar-refractivity contribution < 1.29 is 24.2 Å². The number of benzene rings is 2. The van der Waals surface area contributed by atoms with Gasteiger partial charge in [-0.2, -0.15) is 0 Å². The number of hydrogen-bond donors (Lipinski definition) is 2. The van der Waals surface area contributed by atoms with Gasteiger partial charge in [-0.25, -0.2) is 4.79 Å². The molecule has 0 saturated heterocycles. The van der Waals surface area contributed by atoms with Gasteiger partial charge in [0, 0.05) is 11.3 Å². The van der Waals surface area contributed by atoms with Gasteiger partial charge >= 0.3 is 5.97 Å². The summed E-state index contributed by atoms with van der Waals surface area (Å²) in [6.07, 6.45) is 0. The van der Waals surface area contributed by atoms with E-state index in [2.05, 4.69) is 5.32 Å². The number of carbonyl (C=O) groups excluding carboxylic acids is 2. The molecule has 0 unspecified atom stereocenters. The SMILES string of the molecule is CCOC(=O)c1ccc(NC(=O)COc2ccccc2CO)cc1. The Morgan fingerprint density at radius 1 is 1.08 bits per heavy atom. The Hall–Kier alpha value is -2.86. The van der Waals surface area contributed by atoms with E-state index in [1.165, 1.54) is 0 Å². The van der Waals surface area contributed by atoms with Gasteiger partial charge in [0.15, 0.2) is 6.61 Å². The molecule has 0 saturated carbocycles. The minimum atomic E-state index is -0.403. The lowest BCUT2D eigenvalue weighted by molar-refractivity contribution is -0.118. The van der Waals surface area contributed by atoms with Crippen LogP contribution in [-0.4, -0.2) is 30.2 Å². The number of esters is 1. The molecule has 0 radical (unpaired) electrons. The predicted molar refractivity (Wildman–Crippen MR) is 88.9 cm³/mol. The van der Waals surface area contributed by atoms with Crippen molar-refractivity contribution in [1.82, 2.24) is 0 Å². The van der Waals surface area contributed by atoms with Gasteiger partial charge < -0.3 is 19.9 Å². The minimum absolute atomic E-state index is 0.160. The van der Waals surface area contributed by atoms with Gasteiger partial charge in [-0.1, -0.05) is 18.2 Å². The van der Waals surface area contributed by atoms with E-state index in [0.29, 0.717) is 29.2 Å². The predicted octanol–water partition coefficient (Wildman–Crippen LogP) is 2.37. The first-order chi connectivity index (χ1) is 11.6. The fourth-order valence-corrected chi connectivity index (χ4v) is 2.02. The highest BCUT2D eigenvalue weighted by Gasteiger charge is 2.09. The van der Waals surface area contributed by atoms with E-state index < -0.39 is 5.97 Å². The van der Waals surface area contributed by atoms with Crippen molar-refractivity contribution in [2.45, 2.75) is 13.5 Å². The Labute approximate surface area is 140 Å². The molecule has 0 bridgehead atoms. The maximum atomic E-state index is 11.9. The topological polar surface area (TPSA) is 84.9 Å². The third-order valence-electron chi connectivity index (χ3n) is 3.18. The van der Waals surface area contributed by atoms with E-state index in [4.69, 9.17) is 9.47 Å². The first-order valence-corrected chi connectivity index (χ1v) is 7.52. The lowest BCUT2D eigenvalue weighted by atomic mass is 10.2. The molecule has 0 aromatic heterocycles. The standard InChI is InChI=1S/C18H19NO5/c1-2-23-18(22)13-7-9-15(10-8-13)19-17(21)12-24-16-6-4-3-5-14(16)11-20/h3-10,20H,2,11-12H2,1H3,(H,19,21). The fourth-order valence-electron chi connectivity index (χ4n) is 2.02.